The van der Waals surface area contributed by atoms with Gasteiger partial charge in [0.05, 0.1) is 17.3 Å². The fourth-order valence-corrected chi connectivity index (χ4v) is 2.92. The van der Waals surface area contributed by atoms with Gasteiger partial charge in [-0.2, -0.15) is 18.3 Å². The summed E-state index contributed by atoms with van der Waals surface area (Å²) in [4.78, 5) is 14.3. The predicted octanol–water partition coefficient (Wildman–Crippen LogP) is 2.04. The third kappa shape index (κ3) is 2.55. The van der Waals surface area contributed by atoms with E-state index in [9.17, 15) is 18.0 Å². The van der Waals surface area contributed by atoms with Crippen LogP contribution in [-0.2, 0) is 19.3 Å². The number of rotatable bonds is 2. The van der Waals surface area contributed by atoms with Gasteiger partial charge < -0.3 is 9.47 Å². The minimum Gasteiger partial charge on any atom is -0.327 e. The quantitative estimate of drug-likeness (QED) is 0.837. The smallest absolute Gasteiger partial charge is 0.327 e. The molecule has 24 heavy (non-hydrogen) atoms. The van der Waals surface area contributed by atoms with Crippen molar-refractivity contribution in [3.8, 4) is 0 Å². The molecule has 1 amide bonds. The number of alkyl halides is 3. The van der Waals surface area contributed by atoms with Gasteiger partial charge in [-0.05, 0) is 20.8 Å². The highest BCUT2D eigenvalue weighted by atomic mass is 19.4. The minimum atomic E-state index is -4.56. The summed E-state index contributed by atoms with van der Waals surface area (Å²) in [6, 6.07) is -0.598. The summed E-state index contributed by atoms with van der Waals surface area (Å²) in [7, 11) is 0. The largest absolute Gasteiger partial charge is 0.451 e. The number of carbonyl (C=O) groups excluding carboxylic acids is 1. The number of fused-ring (bicyclic) bond motifs is 1. The summed E-state index contributed by atoms with van der Waals surface area (Å²) < 4.78 is 41.5. The Kier molecular flexibility index (Phi) is 3.84. The first-order chi connectivity index (χ1) is 11.2. The molecule has 0 aliphatic carbocycles. The number of nitrogens with zero attached hydrogens (tertiary/aromatic N) is 6. The van der Waals surface area contributed by atoms with Crippen LogP contribution in [0.1, 0.15) is 47.6 Å². The highest BCUT2D eigenvalue weighted by Crippen LogP contribution is 2.33. The van der Waals surface area contributed by atoms with Gasteiger partial charge in [0, 0.05) is 25.8 Å². The maximum atomic E-state index is 12.9. The van der Waals surface area contributed by atoms with Crippen molar-refractivity contribution in [1.82, 2.24) is 29.4 Å². The monoisotopic (exact) mass is 342 g/mol. The van der Waals surface area contributed by atoms with Crippen LogP contribution in [0.4, 0.5) is 13.2 Å². The molecule has 2 aromatic heterocycles. The van der Waals surface area contributed by atoms with Crippen molar-refractivity contribution >= 4 is 5.91 Å². The summed E-state index contributed by atoms with van der Waals surface area (Å²) in [6.45, 7) is 6.09. The second-order valence-corrected chi connectivity index (χ2v) is 5.69. The number of amides is 1. The molecule has 1 aliphatic heterocycles. The van der Waals surface area contributed by atoms with Crippen LogP contribution in [0.3, 0.4) is 0 Å². The average Bonchev–Trinajstić information content (AvgIpc) is 3.10. The van der Waals surface area contributed by atoms with E-state index in [1.165, 1.54) is 4.90 Å². The molecule has 0 bridgehead atoms. The summed E-state index contributed by atoms with van der Waals surface area (Å²) >= 11 is 0. The molecule has 1 unspecified atom stereocenters. The summed E-state index contributed by atoms with van der Waals surface area (Å²) in [5, 5.41) is 11.1. The van der Waals surface area contributed by atoms with E-state index < -0.39 is 18.0 Å². The van der Waals surface area contributed by atoms with Gasteiger partial charge in [-0.15, -0.1) is 10.2 Å². The molecule has 3 heterocycles. The van der Waals surface area contributed by atoms with Crippen molar-refractivity contribution in [2.75, 3.05) is 6.54 Å². The fourth-order valence-electron chi connectivity index (χ4n) is 2.92. The number of carbonyl (C=O) groups is 1. The molecule has 1 atom stereocenters. The Morgan fingerprint density at radius 3 is 2.62 bits per heavy atom. The van der Waals surface area contributed by atoms with Crippen molar-refractivity contribution in [3.63, 3.8) is 0 Å². The average molecular weight is 342 g/mol. The van der Waals surface area contributed by atoms with E-state index in [-0.39, 0.29) is 24.8 Å². The summed E-state index contributed by atoms with van der Waals surface area (Å²) in [6.07, 6.45) is -2.90. The Bertz CT molecular complexity index is 778. The van der Waals surface area contributed by atoms with E-state index in [0.717, 1.165) is 4.57 Å². The Morgan fingerprint density at radius 2 is 2.04 bits per heavy atom. The molecule has 0 N–H and O–H groups in total. The molecule has 2 aromatic rings. The van der Waals surface area contributed by atoms with Crippen LogP contribution in [0, 0.1) is 6.92 Å². The Hall–Kier alpha value is -2.39. The molecule has 0 saturated carbocycles. The zero-order valence-electron chi connectivity index (χ0n) is 13.5. The first-order valence-corrected chi connectivity index (χ1v) is 7.59. The van der Waals surface area contributed by atoms with Gasteiger partial charge in [-0.1, -0.05) is 0 Å². The Balaban J connectivity index is 1.91. The number of hydrogen-bond acceptors (Lipinski definition) is 4. The molecule has 0 spiro atoms. The second kappa shape index (κ2) is 5.60. The lowest BCUT2D eigenvalue weighted by Crippen LogP contribution is -2.42. The van der Waals surface area contributed by atoms with Crippen molar-refractivity contribution in [2.24, 2.45) is 0 Å². The molecule has 0 fully saturated rings. The summed E-state index contributed by atoms with van der Waals surface area (Å²) in [5.41, 5.74) is 1.05. The number of aryl methyl sites for hydroxylation is 2. The zero-order valence-corrected chi connectivity index (χ0v) is 13.5. The molecule has 130 valence electrons. The molecule has 1 aliphatic rings. The topological polar surface area (TPSA) is 68.8 Å². The second-order valence-electron chi connectivity index (χ2n) is 5.69. The lowest BCUT2D eigenvalue weighted by molar-refractivity contribution is -0.148. The number of halogens is 3. The minimum absolute atomic E-state index is 0.00815. The molecule has 0 radical (unpaired) electrons. The van der Waals surface area contributed by atoms with Crippen LogP contribution in [0.5, 0.6) is 0 Å². The SMILES string of the molecule is CCn1cc(C(=O)N2CCn3c(nnc3C(F)(F)F)C2C)c(C)n1. The van der Waals surface area contributed by atoms with Crippen molar-refractivity contribution < 1.29 is 18.0 Å². The van der Waals surface area contributed by atoms with Gasteiger partial charge in [0.25, 0.3) is 5.91 Å². The third-order valence-corrected chi connectivity index (χ3v) is 4.20. The highest BCUT2D eigenvalue weighted by molar-refractivity contribution is 5.95. The van der Waals surface area contributed by atoms with Gasteiger partial charge in [0.15, 0.2) is 5.82 Å². The van der Waals surface area contributed by atoms with Crippen LogP contribution in [0.25, 0.3) is 0 Å². The standard InChI is InChI=1S/C14H17F3N6O/c1-4-21-7-10(8(2)20-21)12(24)22-5-6-23-11(9(22)3)18-19-13(23)14(15,16)17/h7,9H,4-6H2,1-3H3. The molecular formula is C14H17F3N6O. The first kappa shape index (κ1) is 16.5. The molecule has 0 saturated heterocycles. The van der Waals surface area contributed by atoms with Gasteiger partial charge in [0.2, 0.25) is 5.82 Å². The maximum Gasteiger partial charge on any atom is 0.451 e. The van der Waals surface area contributed by atoms with E-state index in [1.807, 2.05) is 6.92 Å². The molecule has 3 rings (SSSR count). The van der Waals surface area contributed by atoms with Crippen LogP contribution >= 0.6 is 0 Å². The third-order valence-electron chi connectivity index (χ3n) is 4.20. The zero-order chi connectivity index (χ0) is 17.6. The maximum absolute atomic E-state index is 12.9. The fraction of sp³-hybridized carbons (Fsp3) is 0.571. The lowest BCUT2D eigenvalue weighted by atomic mass is 10.1. The van der Waals surface area contributed by atoms with Gasteiger partial charge in [-0.3, -0.25) is 9.48 Å². The molecule has 0 aromatic carbocycles. The molecular weight excluding hydrogens is 325 g/mol. The number of aromatic nitrogens is 5. The van der Waals surface area contributed by atoms with E-state index in [0.29, 0.717) is 17.8 Å². The van der Waals surface area contributed by atoms with Crippen LogP contribution in [0.2, 0.25) is 0 Å². The molecule has 7 nitrogen and oxygen atoms in total. The van der Waals surface area contributed by atoms with E-state index in [4.69, 9.17) is 0 Å². The van der Waals surface area contributed by atoms with E-state index in [2.05, 4.69) is 15.3 Å². The first-order valence-electron chi connectivity index (χ1n) is 7.59. The predicted molar refractivity (Wildman–Crippen MR) is 77.1 cm³/mol. The van der Waals surface area contributed by atoms with Crippen molar-refractivity contribution in [1.29, 1.82) is 0 Å². The van der Waals surface area contributed by atoms with Crippen molar-refractivity contribution in [2.45, 2.75) is 46.1 Å². The van der Waals surface area contributed by atoms with E-state index >= 15 is 0 Å². The summed E-state index contributed by atoms with van der Waals surface area (Å²) in [5.74, 6) is -1.14. The number of hydrogen-bond donors (Lipinski definition) is 0. The van der Waals surface area contributed by atoms with Crippen LogP contribution < -0.4 is 0 Å². The van der Waals surface area contributed by atoms with Gasteiger partial charge >= 0.3 is 6.18 Å². The van der Waals surface area contributed by atoms with Crippen LogP contribution in [0.15, 0.2) is 6.20 Å². The normalized spacial score (nSPS) is 17.9. The lowest BCUT2D eigenvalue weighted by Gasteiger charge is -2.33. The van der Waals surface area contributed by atoms with Gasteiger partial charge in [-0.25, -0.2) is 0 Å². The Labute approximate surface area is 136 Å². The Morgan fingerprint density at radius 1 is 1.33 bits per heavy atom. The molecule has 10 heteroatoms. The van der Waals surface area contributed by atoms with Crippen LogP contribution in [-0.4, -0.2) is 41.9 Å². The van der Waals surface area contributed by atoms with Gasteiger partial charge in [0.1, 0.15) is 0 Å². The highest BCUT2D eigenvalue weighted by Gasteiger charge is 2.42. The van der Waals surface area contributed by atoms with Crippen molar-refractivity contribution in [3.05, 3.63) is 29.1 Å². The van der Waals surface area contributed by atoms with E-state index in [1.54, 1.807) is 24.7 Å².